The molecule has 2 aromatic carbocycles. The molecule has 0 bridgehead atoms. The van der Waals surface area contributed by atoms with Gasteiger partial charge in [-0.05, 0) is 31.5 Å². The second-order valence-corrected chi connectivity index (χ2v) is 4.64. The largest absolute Gasteiger partial charge is 0.492 e. The third-order valence-electron chi connectivity index (χ3n) is 3.01. The lowest BCUT2D eigenvalue weighted by molar-refractivity contribution is 0.101. The van der Waals surface area contributed by atoms with Gasteiger partial charge in [0.2, 0.25) is 0 Å². The third-order valence-corrected chi connectivity index (χ3v) is 3.01. The van der Waals surface area contributed by atoms with Gasteiger partial charge in [0, 0.05) is 6.42 Å². The van der Waals surface area contributed by atoms with Gasteiger partial charge >= 0.3 is 0 Å². The first-order chi connectivity index (χ1) is 9.16. The van der Waals surface area contributed by atoms with Crippen molar-refractivity contribution >= 4 is 5.78 Å². The number of Topliss-reactive ketones (excluding diaryl/α,β-unsaturated/α-hetero) is 1. The second kappa shape index (κ2) is 6.19. The summed E-state index contributed by atoms with van der Waals surface area (Å²) in [7, 11) is 0. The number of hydrogen-bond acceptors (Lipinski definition) is 2. The maximum Gasteiger partial charge on any atom is 0.163 e. The molecule has 0 unspecified atom stereocenters. The molecule has 0 atom stereocenters. The fraction of sp³-hybridized carbons (Fsp3) is 0.235. The van der Waals surface area contributed by atoms with Crippen molar-refractivity contribution in [1.29, 1.82) is 0 Å². The Hall–Kier alpha value is -2.09. The minimum atomic E-state index is 0.0402. The zero-order valence-corrected chi connectivity index (χ0v) is 11.3. The van der Waals surface area contributed by atoms with Crippen molar-refractivity contribution in [1.82, 2.24) is 0 Å². The van der Waals surface area contributed by atoms with E-state index in [-0.39, 0.29) is 5.78 Å². The van der Waals surface area contributed by atoms with Gasteiger partial charge in [-0.25, -0.2) is 0 Å². The van der Waals surface area contributed by atoms with Crippen molar-refractivity contribution in [2.24, 2.45) is 0 Å². The van der Waals surface area contributed by atoms with Gasteiger partial charge in [-0.3, -0.25) is 4.79 Å². The molecular weight excluding hydrogens is 236 g/mol. The van der Waals surface area contributed by atoms with Crippen LogP contribution in [0.1, 0.15) is 28.4 Å². The van der Waals surface area contributed by atoms with Crippen molar-refractivity contribution < 1.29 is 9.53 Å². The number of rotatable bonds is 5. The standard InChI is InChI=1S/C17H18O2/c1-13-8-9-17(16(12-13)14(2)18)19-11-10-15-6-4-3-5-7-15/h3-9,12H,10-11H2,1-2H3. The van der Waals surface area contributed by atoms with Crippen molar-refractivity contribution in [3.8, 4) is 5.75 Å². The van der Waals surface area contributed by atoms with Gasteiger partial charge in [-0.15, -0.1) is 0 Å². The second-order valence-electron chi connectivity index (χ2n) is 4.64. The Bertz CT molecular complexity index is 559. The molecule has 0 N–H and O–H groups in total. The molecule has 98 valence electrons. The summed E-state index contributed by atoms with van der Waals surface area (Å²) in [5.41, 5.74) is 2.97. The minimum Gasteiger partial charge on any atom is -0.492 e. The first-order valence-corrected chi connectivity index (χ1v) is 6.45. The topological polar surface area (TPSA) is 26.3 Å². The number of ketones is 1. The highest BCUT2D eigenvalue weighted by Crippen LogP contribution is 2.20. The number of hydrogen-bond donors (Lipinski definition) is 0. The molecule has 0 amide bonds. The molecule has 2 nitrogen and oxygen atoms in total. The van der Waals surface area contributed by atoms with E-state index < -0.39 is 0 Å². The minimum absolute atomic E-state index is 0.0402. The number of carbonyl (C=O) groups is 1. The zero-order chi connectivity index (χ0) is 13.7. The number of ether oxygens (including phenoxy) is 1. The van der Waals surface area contributed by atoms with E-state index in [0.29, 0.717) is 17.9 Å². The average Bonchev–Trinajstić information content (AvgIpc) is 2.41. The van der Waals surface area contributed by atoms with Crippen LogP contribution in [0.5, 0.6) is 5.75 Å². The van der Waals surface area contributed by atoms with E-state index in [1.807, 2.05) is 43.3 Å². The van der Waals surface area contributed by atoms with Crippen LogP contribution in [-0.4, -0.2) is 12.4 Å². The van der Waals surface area contributed by atoms with Crippen molar-refractivity contribution in [2.45, 2.75) is 20.3 Å². The molecule has 0 fully saturated rings. The van der Waals surface area contributed by atoms with E-state index >= 15 is 0 Å². The van der Waals surface area contributed by atoms with Crippen molar-refractivity contribution in [3.63, 3.8) is 0 Å². The Labute approximate surface area is 114 Å². The van der Waals surface area contributed by atoms with Crippen LogP contribution in [0, 0.1) is 6.92 Å². The molecule has 2 aromatic rings. The molecular formula is C17H18O2. The van der Waals surface area contributed by atoms with Crippen LogP contribution in [0.2, 0.25) is 0 Å². The number of benzene rings is 2. The van der Waals surface area contributed by atoms with Gasteiger partial charge < -0.3 is 4.74 Å². The normalized spacial score (nSPS) is 10.2. The Morgan fingerprint density at radius 1 is 1.11 bits per heavy atom. The van der Waals surface area contributed by atoms with E-state index in [0.717, 1.165) is 12.0 Å². The van der Waals surface area contributed by atoms with E-state index in [1.54, 1.807) is 6.92 Å². The van der Waals surface area contributed by atoms with Gasteiger partial charge in [0.1, 0.15) is 5.75 Å². The summed E-state index contributed by atoms with van der Waals surface area (Å²) in [6.07, 6.45) is 0.839. The first kappa shape index (κ1) is 13.3. The smallest absolute Gasteiger partial charge is 0.163 e. The van der Waals surface area contributed by atoms with Crippen LogP contribution >= 0.6 is 0 Å². The molecule has 0 aliphatic heterocycles. The molecule has 2 rings (SSSR count). The molecule has 19 heavy (non-hydrogen) atoms. The van der Waals surface area contributed by atoms with E-state index in [9.17, 15) is 4.79 Å². The molecule has 0 saturated carbocycles. The molecule has 0 aromatic heterocycles. The Morgan fingerprint density at radius 2 is 1.84 bits per heavy atom. The lowest BCUT2D eigenvalue weighted by Crippen LogP contribution is -2.05. The quantitative estimate of drug-likeness (QED) is 0.758. The van der Waals surface area contributed by atoms with Crippen LogP contribution in [-0.2, 0) is 6.42 Å². The molecule has 2 heteroatoms. The van der Waals surface area contributed by atoms with E-state index in [2.05, 4.69) is 12.1 Å². The van der Waals surface area contributed by atoms with Crippen LogP contribution in [0.25, 0.3) is 0 Å². The lowest BCUT2D eigenvalue weighted by atomic mass is 10.1. The van der Waals surface area contributed by atoms with Gasteiger partial charge in [-0.1, -0.05) is 42.0 Å². The van der Waals surface area contributed by atoms with Crippen molar-refractivity contribution in [3.05, 3.63) is 65.2 Å². The Kier molecular flexibility index (Phi) is 4.35. The van der Waals surface area contributed by atoms with E-state index in [1.165, 1.54) is 5.56 Å². The van der Waals surface area contributed by atoms with Gasteiger partial charge in [0.05, 0.1) is 12.2 Å². The van der Waals surface area contributed by atoms with Gasteiger partial charge in [0.25, 0.3) is 0 Å². The summed E-state index contributed by atoms with van der Waals surface area (Å²) in [4.78, 5) is 11.6. The Morgan fingerprint density at radius 3 is 2.53 bits per heavy atom. The summed E-state index contributed by atoms with van der Waals surface area (Å²) in [5.74, 6) is 0.715. The fourth-order valence-electron chi connectivity index (χ4n) is 1.97. The highest BCUT2D eigenvalue weighted by atomic mass is 16.5. The van der Waals surface area contributed by atoms with Crippen LogP contribution in [0.15, 0.2) is 48.5 Å². The first-order valence-electron chi connectivity index (χ1n) is 6.45. The molecule has 0 heterocycles. The summed E-state index contributed by atoms with van der Waals surface area (Å²) < 4.78 is 5.74. The summed E-state index contributed by atoms with van der Waals surface area (Å²) in [5, 5.41) is 0. The summed E-state index contributed by atoms with van der Waals surface area (Å²) in [6.45, 7) is 4.12. The summed E-state index contributed by atoms with van der Waals surface area (Å²) in [6, 6.07) is 15.9. The highest BCUT2D eigenvalue weighted by Gasteiger charge is 2.08. The van der Waals surface area contributed by atoms with Gasteiger partial charge in [-0.2, -0.15) is 0 Å². The molecule has 0 spiro atoms. The maximum atomic E-state index is 11.6. The molecule has 0 aliphatic rings. The maximum absolute atomic E-state index is 11.6. The molecule has 0 aliphatic carbocycles. The Balaban J connectivity index is 2.02. The van der Waals surface area contributed by atoms with Crippen LogP contribution in [0.4, 0.5) is 0 Å². The average molecular weight is 254 g/mol. The molecule has 0 saturated heterocycles. The fourth-order valence-corrected chi connectivity index (χ4v) is 1.97. The lowest BCUT2D eigenvalue weighted by Gasteiger charge is -2.10. The highest BCUT2D eigenvalue weighted by molar-refractivity contribution is 5.97. The van der Waals surface area contributed by atoms with E-state index in [4.69, 9.17) is 4.74 Å². The monoisotopic (exact) mass is 254 g/mol. The van der Waals surface area contributed by atoms with Gasteiger partial charge in [0.15, 0.2) is 5.78 Å². The predicted molar refractivity (Wildman–Crippen MR) is 76.8 cm³/mol. The van der Waals surface area contributed by atoms with Crippen LogP contribution < -0.4 is 4.74 Å². The molecule has 0 radical (unpaired) electrons. The SMILES string of the molecule is CC(=O)c1cc(C)ccc1OCCc1ccccc1. The zero-order valence-electron chi connectivity index (χ0n) is 11.3. The third kappa shape index (κ3) is 3.68. The van der Waals surface area contributed by atoms with Crippen molar-refractivity contribution in [2.75, 3.05) is 6.61 Å². The predicted octanol–water partition coefficient (Wildman–Crippen LogP) is 3.82. The number of carbonyl (C=O) groups excluding carboxylic acids is 1. The number of aryl methyl sites for hydroxylation is 1. The summed E-state index contributed by atoms with van der Waals surface area (Å²) >= 11 is 0. The van der Waals surface area contributed by atoms with Crippen LogP contribution in [0.3, 0.4) is 0 Å².